The summed E-state index contributed by atoms with van der Waals surface area (Å²) in [6.45, 7) is 3.33. The van der Waals surface area contributed by atoms with Gasteiger partial charge < -0.3 is 0 Å². The van der Waals surface area contributed by atoms with Crippen LogP contribution in [0.5, 0.6) is 0 Å². The summed E-state index contributed by atoms with van der Waals surface area (Å²) < 4.78 is 1.94. The molecule has 3 aromatic rings. The first-order valence-electron chi connectivity index (χ1n) is 10.7. The van der Waals surface area contributed by atoms with Crippen LogP contribution in [0.4, 0.5) is 0 Å². The molecule has 4 heterocycles. The first-order chi connectivity index (χ1) is 15.1. The Morgan fingerprint density at radius 2 is 2.13 bits per heavy atom. The predicted molar refractivity (Wildman–Crippen MR) is 115 cm³/mol. The highest BCUT2D eigenvalue weighted by Crippen LogP contribution is 2.37. The largest absolute Gasteiger partial charge is 0.272 e. The number of hydrogen-bond acceptors (Lipinski definition) is 7. The number of aryl methyl sites for hydroxylation is 1. The van der Waals surface area contributed by atoms with E-state index in [4.69, 9.17) is 10.1 Å². The number of thiazole rings is 1. The predicted octanol–water partition coefficient (Wildman–Crippen LogP) is 3.78. The van der Waals surface area contributed by atoms with Crippen molar-refractivity contribution in [1.82, 2.24) is 24.8 Å². The molecule has 0 radical (unpaired) electrons. The molecule has 160 valence electrons. The van der Waals surface area contributed by atoms with Gasteiger partial charge in [0.15, 0.2) is 0 Å². The van der Waals surface area contributed by atoms with Crippen LogP contribution in [0.25, 0.3) is 11.0 Å². The first kappa shape index (κ1) is 20.1. The third kappa shape index (κ3) is 3.93. The molecular weight excluding hydrogens is 412 g/mol. The number of pyridine rings is 1. The van der Waals surface area contributed by atoms with Gasteiger partial charge in [0.25, 0.3) is 0 Å². The number of rotatable bonds is 4. The Balaban J connectivity index is 1.21. The molecule has 3 aromatic heterocycles. The lowest BCUT2D eigenvalue weighted by atomic mass is 9.81. The molecule has 9 heteroatoms. The Morgan fingerprint density at radius 3 is 2.87 bits per heavy atom. The van der Waals surface area contributed by atoms with E-state index in [1.165, 1.54) is 0 Å². The van der Waals surface area contributed by atoms with Crippen molar-refractivity contribution in [2.75, 3.05) is 6.61 Å². The van der Waals surface area contributed by atoms with Crippen molar-refractivity contribution in [3.05, 3.63) is 40.1 Å². The van der Waals surface area contributed by atoms with E-state index >= 15 is 0 Å². The average Bonchev–Trinajstić information content (AvgIpc) is 3.53. The SMILES string of the molecule is Cc1nc([C@@H]2CCON2C(=O)[C@H]2CC[C@H](Cn3ncc4ncc(C#N)cc43)CC2)cs1. The van der Waals surface area contributed by atoms with Crippen molar-refractivity contribution in [1.29, 1.82) is 5.26 Å². The average molecular weight is 437 g/mol. The summed E-state index contributed by atoms with van der Waals surface area (Å²) in [5.41, 5.74) is 3.18. The van der Waals surface area contributed by atoms with Gasteiger partial charge in [-0.3, -0.25) is 19.3 Å². The van der Waals surface area contributed by atoms with E-state index in [-0.39, 0.29) is 17.9 Å². The summed E-state index contributed by atoms with van der Waals surface area (Å²) in [7, 11) is 0. The highest BCUT2D eigenvalue weighted by Gasteiger charge is 2.38. The molecule has 2 fully saturated rings. The fourth-order valence-electron chi connectivity index (χ4n) is 4.67. The molecule has 5 rings (SSSR count). The van der Waals surface area contributed by atoms with Crippen molar-refractivity contribution in [2.45, 2.75) is 51.6 Å². The van der Waals surface area contributed by atoms with Crippen LogP contribution in [0.15, 0.2) is 23.8 Å². The molecule has 0 N–H and O–H groups in total. The van der Waals surface area contributed by atoms with Crippen LogP contribution in [0.1, 0.15) is 54.4 Å². The maximum atomic E-state index is 13.2. The molecule has 0 spiro atoms. The third-order valence-corrected chi connectivity index (χ3v) is 7.14. The number of fused-ring (bicyclic) bond motifs is 1. The molecule has 2 aliphatic rings. The minimum absolute atomic E-state index is 0.00203. The zero-order valence-electron chi connectivity index (χ0n) is 17.4. The van der Waals surface area contributed by atoms with Gasteiger partial charge >= 0.3 is 0 Å². The van der Waals surface area contributed by atoms with E-state index in [2.05, 4.69) is 21.1 Å². The van der Waals surface area contributed by atoms with E-state index in [0.29, 0.717) is 18.1 Å². The van der Waals surface area contributed by atoms with Gasteiger partial charge in [0.05, 0.1) is 34.6 Å². The van der Waals surface area contributed by atoms with Crippen molar-refractivity contribution >= 4 is 28.3 Å². The quantitative estimate of drug-likeness (QED) is 0.617. The molecule has 1 saturated carbocycles. The summed E-state index contributed by atoms with van der Waals surface area (Å²) in [5, 5.41) is 18.3. The molecule has 0 bridgehead atoms. The standard InChI is InChI=1S/C22H24N6O2S/c1-14-26-19(13-31-14)20-6-7-30-28(20)22(29)17-4-2-15(3-5-17)12-27-21-8-16(9-23)10-24-18(21)11-25-27/h8,10-11,13,15,17,20H,2-7,12H2,1H3/t15-,17-,20-/m0/s1. The fourth-order valence-corrected chi connectivity index (χ4v) is 5.33. The van der Waals surface area contributed by atoms with Crippen LogP contribution in [0, 0.1) is 30.1 Å². The highest BCUT2D eigenvalue weighted by atomic mass is 32.1. The highest BCUT2D eigenvalue weighted by molar-refractivity contribution is 7.09. The summed E-state index contributed by atoms with van der Waals surface area (Å²) in [6, 6.07) is 3.92. The molecule has 1 atom stereocenters. The molecule has 1 amide bonds. The van der Waals surface area contributed by atoms with Crippen LogP contribution in [0.2, 0.25) is 0 Å². The molecule has 1 saturated heterocycles. The number of amides is 1. The zero-order valence-corrected chi connectivity index (χ0v) is 18.2. The second-order valence-corrected chi connectivity index (χ2v) is 9.44. The molecule has 31 heavy (non-hydrogen) atoms. The summed E-state index contributed by atoms with van der Waals surface area (Å²) in [5.74, 6) is 0.547. The minimum atomic E-state index is -0.0626. The van der Waals surface area contributed by atoms with Crippen molar-refractivity contribution < 1.29 is 9.63 Å². The summed E-state index contributed by atoms with van der Waals surface area (Å²) in [4.78, 5) is 27.8. The first-order valence-corrected chi connectivity index (χ1v) is 11.6. The van der Waals surface area contributed by atoms with Gasteiger partial charge in [-0.15, -0.1) is 11.3 Å². The third-order valence-electron chi connectivity index (χ3n) is 6.35. The Kier molecular flexibility index (Phi) is 5.42. The molecule has 0 aromatic carbocycles. The number of aromatic nitrogens is 4. The number of carbonyl (C=O) groups is 1. The lowest BCUT2D eigenvalue weighted by Crippen LogP contribution is -2.37. The maximum absolute atomic E-state index is 13.2. The van der Waals surface area contributed by atoms with Crippen LogP contribution in [-0.2, 0) is 16.2 Å². The minimum Gasteiger partial charge on any atom is -0.272 e. The van der Waals surface area contributed by atoms with Gasteiger partial charge in [0.2, 0.25) is 5.91 Å². The molecule has 0 unspecified atom stereocenters. The van der Waals surface area contributed by atoms with Gasteiger partial charge in [0.1, 0.15) is 17.6 Å². The zero-order chi connectivity index (χ0) is 21.4. The lowest BCUT2D eigenvalue weighted by molar-refractivity contribution is -0.183. The van der Waals surface area contributed by atoms with E-state index in [1.807, 2.05) is 23.1 Å². The van der Waals surface area contributed by atoms with Crippen molar-refractivity contribution in [3.8, 4) is 6.07 Å². The van der Waals surface area contributed by atoms with Crippen LogP contribution >= 0.6 is 11.3 Å². The van der Waals surface area contributed by atoms with E-state index in [0.717, 1.165) is 60.4 Å². The van der Waals surface area contributed by atoms with Gasteiger partial charge in [-0.1, -0.05) is 0 Å². The maximum Gasteiger partial charge on any atom is 0.249 e. The lowest BCUT2D eigenvalue weighted by Gasteiger charge is -2.31. The monoisotopic (exact) mass is 436 g/mol. The summed E-state index contributed by atoms with van der Waals surface area (Å²) >= 11 is 1.61. The van der Waals surface area contributed by atoms with E-state index in [1.54, 1.807) is 28.8 Å². The number of nitrogens with zero attached hydrogens (tertiary/aromatic N) is 6. The van der Waals surface area contributed by atoms with Gasteiger partial charge in [0, 0.05) is 30.5 Å². The van der Waals surface area contributed by atoms with Crippen LogP contribution < -0.4 is 0 Å². The molecule has 1 aliphatic heterocycles. The van der Waals surface area contributed by atoms with Crippen LogP contribution in [-0.4, -0.2) is 37.3 Å². The van der Waals surface area contributed by atoms with Crippen molar-refractivity contribution in [2.24, 2.45) is 11.8 Å². The van der Waals surface area contributed by atoms with Gasteiger partial charge in [-0.2, -0.15) is 10.4 Å². The van der Waals surface area contributed by atoms with E-state index in [9.17, 15) is 4.79 Å². The fraction of sp³-hybridized carbons (Fsp3) is 0.500. The second kappa shape index (κ2) is 8.36. The number of carbonyl (C=O) groups excluding carboxylic acids is 1. The molecular formula is C22H24N6O2S. The number of hydroxylamine groups is 2. The summed E-state index contributed by atoms with van der Waals surface area (Å²) in [6.07, 6.45) is 7.77. The smallest absolute Gasteiger partial charge is 0.249 e. The Labute approximate surface area is 184 Å². The number of hydrogen-bond donors (Lipinski definition) is 0. The van der Waals surface area contributed by atoms with E-state index < -0.39 is 0 Å². The second-order valence-electron chi connectivity index (χ2n) is 8.38. The Morgan fingerprint density at radius 1 is 1.29 bits per heavy atom. The number of nitriles is 1. The molecule has 8 nitrogen and oxygen atoms in total. The molecule has 1 aliphatic carbocycles. The van der Waals surface area contributed by atoms with Gasteiger partial charge in [-0.25, -0.2) is 10.0 Å². The van der Waals surface area contributed by atoms with Crippen molar-refractivity contribution in [3.63, 3.8) is 0 Å². The normalized spacial score (nSPS) is 23.9. The van der Waals surface area contributed by atoms with Gasteiger partial charge in [-0.05, 0) is 44.6 Å². The Hall–Kier alpha value is -2.83. The van der Waals surface area contributed by atoms with Crippen LogP contribution in [0.3, 0.4) is 0 Å². The Bertz CT molecular complexity index is 1140. The topological polar surface area (TPSA) is 96.9 Å².